The van der Waals surface area contributed by atoms with Crippen molar-refractivity contribution in [2.75, 3.05) is 18.5 Å². The highest BCUT2D eigenvalue weighted by Crippen LogP contribution is 2.07. The van der Waals surface area contributed by atoms with Crippen LogP contribution in [-0.2, 0) is 11.3 Å². The fraction of sp³-hybridized carbons (Fsp3) is 0.312. The Hall–Kier alpha value is -2.27. The van der Waals surface area contributed by atoms with E-state index in [-0.39, 0.29) is 5.97 Å². The maximum atomic E-state index is 11.5. The molecule has 0 spiro atoms. The second kappa shape index (κ2) is 7.50. The SMILES string of the molecule is CCOC(=O)c1ccn(CC(O)CNc2ccccc2)c1. The van der Waals surface area contributed by atoms with Gasteiger partial charge in [0.25, 0.3) is 0 Å². The summed E-state index contributed by atoms with van der Waals surface area (Å²) in [6.45, 7) is 2.98. The largest absolute Gasteiger partial charge is 0.462 e. The third-order valence-corrected chi connectivity index (χ3v) is 3.00. The van der Waals surface area contributed by atoms with Gasteiger partial charge in [0.15, 0.2) is 0 Å². The average Bonchev–Trinajstić information content (AvgIpc) is 2.95. The molecule has 0 radical (unpaired) electrons. The van der Waals surface area contributed by atoms with Crippen LogP contribution in [-0.4, -0.2) is 34.9 Å². The highest BCUT2D eigenvalue weighted by molar-refractivity contribution is 5.89. The standard InChI is InChI=1S/C16H20N2O3/c1-2-21-16(20)13-8-9-18(11-13)12-15(19)10-17-14-6-4-3-5-7-14/h3-9,11,15,17,19H,2,10,12H2,1H3. The van der Waals surface area contributed by atoms with Crippen LogP contribution >= 0.6 is 0 Å². The van der Waals surface area contributed by atoms with Crippen LogP contribution in [0.15, 0.2) is 48.8 Å². The molecule has 0 saturated carbocycles. The number of esters is 1. The Morgan fingerprint density at radius 1 is 1.33 bits per heavy atom. The number of aliphatic hydroxyl groups is 1. The van der Waals surface area contributed by atoms with Gasteiger partial charge in [-0.25, -0.2) is 4.79 Å². The van der Waals surface area contributed by atoms with Gasteiger partial charge in [-0.2, -0.15) is 0 Å². The number of hydrogen-bond acceptors (Lipinski definition) is 4. The minimum Gasteiger partial charge on any atom is -0.462 e. The van der Waals surface area contributed by atoms with Gasteiger partial charge in [0.05, 0.1) is 18.3 Å². The summed E-state index contributed by atoms with van der Waals surface area (Å²) in [4.78, 5) is 11.5. The van der Waals surface area contributed by atoms with Crippen LogP contribution in [0.3, 0.4) is 0 Å². The molecule has 5 heteroatoms. The van der Waals surface area contributed by atoms with Gasteiger partial charge in [0.1, 0.15) is 0 Å². The first-order valence-corrected chi connectivity index (χ1v) is 6.99. The zero-order valence-electron chi connectivity index (χ0n) is 12.0. The molecule has 0 aliphatic heterocycles. The maximum Gasteiger partial charge on any atom is 0.339 e. The Balaban J connectivity index is 1.82. The zero-order valence-corrected chi connectivity index (χ0v) is 12.0. The van der Waals surface area contributed by atoms with E-state index in [9.17, 15) is 9.90 Å². The Morgan fingerprint density at radius 3 is 2.81 bits per heavy atom. The summed E-state index contributed by atoms with van der Waals surface area (Å²) < 4.78 is 6.71. The van der Waals surface area contributed by atoms with Gasteiger partial charge in [0.2, 0.25) is 0 Å². The topological polar surface area (TPSA) is 63.5 Å². The molecule has 5 nitrogen and oxygen atoms in total. The number of para-hydroxylation sites is 1. The van der Waals surface area contributed by atoms with E-state index in [1.165, 1.54) is 0 Å². The first-order chi connectivity index (χ1) is 10.2. The van der Waals surface area contributed by atoms with E-state index in [2.05, 4.69) is 5.32 Å². The molecule has 1 atom stereocenters. The molecule has 0 amide bonds. The van der Waals surface area contributed by atoms with Crippen LogP contribution in [0.4, 0.5) is 5.69 Å². The van der Waals surface area contributed by atoms with Crippen molar-refractivity contribution in [1.29, 1.82) is 0 Å². The van der Waals surface area contributed by atoms with Crippen molar-refractivity contribution in [3.8, 4) is 0 Å². The highest BCUT2D eigenvalue weighted by atomic mass is 16.5. The van der Waals surface area contributed by atoms with E-state index in [0.717, 1.165) is 5.69 Å². The first kappa shape index (κ1) is 15.1. The van der Waals surface area contributed by atoms with E-state index < -0.39 is 6.10 Å². The minimum absolute atomic E-state index is 0.340. The molecule has 1 unspecified atom stereocenters. The monoisotopic (exact) mass is 288 g/mol. The van der Waals surface area contributed by atoms with Crippen LogP contribution in [0.25, 0.3) is 0 Å². The molecule has 21 heavy (non-hydrogen) atoms. The van der Waals surface area contributed by atoms with Crippen molar-refractivity contribution in [1.82, 2.24) is 4.57 Å². The third-order valence-electron chi connectivity index (χ3n) is 3.00. The molecular formula is C16H20N2O3. The molecule has 0 aliphatic carbocycles. The molecule has 1 heterocycles. The van der Waals surface area contributed by atoms with E-state index in [1.54, 1.807) is 30.0 Å². The number of aromatic nitrogens is 1. The fourth-order valence-electron chi connectivity index (χ4n) is 1.99. The van der Waals surface area contributed by atoms with Crippen LogP contribution in [0.2, 0.25) is 0 Å². The lowest BCUT2D eigenvalue weighted by Crippen LogP contribution is -2.24. The molecule has 2 rings (SSSR count). The van der Waals surface area contributed by atoms with Crippen molar-refractivity contribution in [2.45, 2.75) is 19.6 Å². The summed E-state index contributed by atoms with van der Waals surface area (Å²) >= 11 is 0. The van der Waals surface area contributed by atoms with E-state index in [4.69, 9.17) is 4.74 Å². The van der Waals surface area contributed by atoms with Crippen LogP contribution < -0.4 is 5.32 Å². The number of nitrogens with one attached hydrogen (secondary N) is 1. The Bertz CT molecular complexity index is 566. The number of benzene rings is 1. The quantitative estimate of drug-likeness (QED) is 0.766. The molecule has 112 valence electrons. The van der Waals surface area contributed by atoms with Crippen LogP contribution in [0.5, 0.6) is 0 Å². The molecule has 1 aromatic carbocycles. The second-order valence-corrected chi connectivity index (χ2v) is 4.72. The number of carbonyl (C=O) groups excluding carboxylic acids is 1. The Kier molecular flexibility index (Phi) is 5.40. The van der Waals surface area contributed by atoms with Crippen molar-refractivity contribution in [3.05, 3.63) is 54.4 Å². The van der Waals surface area contributed by atoms with Crippen molar-refractivity contribution >= 4 is 11.7 Å². The number of hydrogen-bond donors (Lipinski definition) is 2. The van der Waals surface area contributed by atoms with Gasteiger partial charge in [-0.3, -0.25) is 0 Å². The predicted octanol–water partition coefficient (Wildman–Crippen LogP) is 2.14. The van der Waals surface area contributed by atoms with Crippen molar-refractivity contribution in [2.24, 2.45) is 0 Å². The molecule has 0 fully saturated rings. The zero-order chi connectivity index (χ0) is 15.1. The van der Waals surface area contributed by atoms with E-state index in [0.29, 0.717) is 25.3 Å². The maximum absolute atomic E-state index is 11.5. The van der Waals surface area contributed by atoms with Gasteiger partial charge < -0.3 is 19.7 Å². The van der Waals surface area contributed by atoms with E-state index in [1.807, 2.05) is 30.3 Å². The summed E-state index contributed by atoms with van der Waals surface area (Å²) in [5, 5.41) is 13.2. The Morgan fingerprint density at radius 2 is 2.10 bits per heavy atom. The molecule has 2 aromatic rings. The smallest absolute Gasteiger partial charge is 0.339 e. The lowest BCUT2D eigenvalue weighted by Gasteiger charge is -2.13. The van der Waals surface area contributed by atoms with Gasteiger partial charge in [-0.05, 0) is 25.1 Å². The summed E-state index contributed by atoms with van der Waals surface area (Å²) in [5.41, 5.74) is 1.47. The van der Waals surface area contributed by atoms with Gasteiger partial charge in [0, 0.05) is 31.2 Å². The average molecular weight is 288 g/mol. The molecule has 1 aromatic heterocycles. The van der Waals surface area contributed by atoms with Gasteiger partial charge in [-0.1, -0.05) is 18.2 Å². The predicted molar refractivity (Wildman–Crippen MR) is 81.3 cm³/mol. The molecule has 0 aliphatic rings. The molecular weight excluding hydrogens is 268 g/mol. The lowest BCUT2D eigenvalue weighted by atomic mass is 10.3. The van der Waals surface area contributed by atoms with Gasteiger partial charge in [-0.15, -0.1) is 0 Å². The number of rotatable bonds is 7. The lowest BCUT2D eigenvalue weighted by molar-refractivity contribution is 0.0526. The van der Waals surface area contributed by atoms with Crippen LogP contribution in [0.1, 0.15) is 17.3 Å². The molecule has 2 N–H and O–H groups in total. The summed E-state index contributed by atoms with van der Waals surface area (Å²) in [6, 6.07) is 11.4. The summed E-state index contributed by atoms with van der Waals surface area (Å²) in [5.74, 6) is -0.340. The summed E-state index contributed by atoms with van der Waals surface area (Å²) in [7, 11) is 0. The van der Waals surface area contributed by atoms with Crippen LogP contribution in [0, 0.1) is 0 Å². The van der Waals surface area contributed by atoms with Gasteiger partial charge >= 0.3 is 5.97 Å². The van der Waals surface area contributed by atoms with E-state index >= 15 is 0 Å². The number of nitrogens with zero attached hydrogens (tertiary/aromatic N) is 1. The number of anilines is 1. The fourth-order valence-corrected chi connectivity index (χ4v) is 1.99. The minimum atomic E-state index is -0.548. The number of ether oxygens (including phenoxy) is 1. The molecule has 0 bridgehead atoms. The number of aliphatic hydroxyl groups excluding tert-OH is 1. The summed E-state index contributed by atoms with van der Waals surface area (Å²) in [6.07, 6.45) is 2.90. The highest BCUT2D eigenvalue weighted by Gasteiger charge is 2.10. The Labute approximate surface area is 124 Å². The molecule has 0 saturated heterocycles. The normalized spacial score (nSPS) is 11.9. The second-order valence-electron chi connectivity index (χ2n) is 4.72. The van der Waals surface area contributed by atoms with Crippen molar-refractivity contribution in [3.63, 3.8) is 0 Å². The third kappa shape index (κ3) is 4.65. The first-order valence-electron chi connectivity index (χ1n) is 6.99. The number of carbonyl (C=O) groups is 1. The van der Waals surface area contributed by atoms with Crippen molar-refractivity contribution < 1.29 is 14.6 Å².